The van der Waals surface area contributed by atoms with E-state index in [1.54, 1.807) is 30.0 Å². The average molecular weight is 941 g/mol. The van der Waals surface area contributed by atoms with E-state index in [1.165, 1.54) is 44.0 Å². The Labute approximate surface area is 383 Å². The van der Waals surface area contributed by atoms with E-state index in [-0.39, 0.29) is 65.3 Å². The minimum Gasteiger partial charge on any atom is -0.504 e. The van der Waals surface area contributed by atoms with Crippen LogP contribution in [0.3, 0.4) is 0 Å². The maximum absolute atomic E-state index is 15.2. The smallest absolute Gasteiger partial charge is 0.301 e. The van der Waals surface area contributed by atoms with Crippen LogP contribution in [-0.4, -0.2) is 130 Å². The Morgan fingerprint density at radius 2 is 1.72 bits per heavy atom. The molecule has 3 saturated heterocycles. The number of piperazine rings is 1. The third-order valence-corrected chi connectivity index (χ3v) is 13.7. The summed E-state index contributed by atoms with van der Waals surface area (Å²) in [7, 11) is -2.79. The first-order valence-corrected chi connectivity index (χ1v) is 22.9. The van der Waals surface area contributed by atoms with E-state index in [0.717, 1.165) is 21.0 Å². The predicted molar refractivity (Wildman–Crippen MR) is 240 cm³/mol. The van der Waals surface area contributed by atoms with Gasteiger partial charge in [-0.1, -0.05) is 13.0 Å². The zero-order chi connectivity index (χ0) is 47.6. The molecule has 0 saturated carbocycles. The quantitative estimate of drug-likeness (QED) is 0.124. The summed E-state index contributed by atoms with van der Waals surface area (Å²) in [4.78, 5) is 69.7. The molecule has 4 N–H and O–H groups in total. The van der Waals surface area contributed by atoms with Crippen LogP contribution in [0.25, 0.3) is 16.6 Å². The lowest BCUT2D eigenvalue weighted by Crippen LogP contribution is -2.52. The summed E-state index contributed by atoms with van der Waals surface area (Å²) in [5.74, 6) is -3.61. The summed E-state index contributed by atoms with van der Waals surface area (Å²) < 4.78 is 65.7. The molecule has 3 aliphatic rings. The van der Waals surface area contributed by atoms with E-state index >= 15 is 8.78 Å². The molecule has 0 unspecified atom stereocenters. The van der Waals surface area contributed by atoms with Gasteiger partial charge >= 0.3 is 10.2 Å². The third-order valence-electron chi connectivity index (χ3n) is 12.2. The number of phenolic OH excluding ortho intramolecular Hbond substituents is 1. The lowest BCUT2D eigenvalue weighted by atomic mass is 9.89. The number of hydrogen-bond acceptors (Lipinski definition) is 15. The highest BCUT2D eigenvalue weighted by molar-refractivity contribution is 7.90. The van der Waals surface area contributed by atoms with Gasteiger partial charge in [0.1, 0.15) is 35.2 Å². The lowest BCUT2D eigenvalue weighted by Gasteiger charge is -2.37. The van der Waals surface area contributed by atoms with E-state index in [1.807, 2.05) is 4.90 Å². The summed E-state index contributed by atoms with van der Waals surface area (Å²) in [5, 5.41) is 26.2. The number of aromatic nitrogens is 4. The van der Waals surface area contributed by atoms with E-state index in [2.05, 4.69) is 35.2 Å². The molecule has 3 aromatic carbocycles. The third kappa shape index (κ3) is 9.81. The van der Waals surface area contributed by atoms with Crippen molar-refractivity contribution in [2.24, 2.45) is 0 Å². The summed E-state index contributed by atoms with van der Waals surface area (Å²) in [6.07, 6.45) is 5.96. The average Bonchev–Trinajstić information content (AvgIpc) is 3.32. The van der Waals surface area contributed by atoms with Gasteiger partial charge in [-0.25, -0.2) is 23.7 Å². The molecule has 20 nitrogen and oxygen atoms in total. The normalized spacial score (nSPS) is 17.3. The molecular formula is C44H46F2N12O8S. The Morgan fingerprint density at radius 1 is 0.985 bits per heavy atom. The maximum Gasteiger partial charge on any atom is 0.301 e. The fourth-order valence-corrected chi connectivity index (χ4v) is 9.16. The number of amides is 3. The van der Waals surface area contributed by atoms with Gasteiger partial charge in [0.25, 0.3) is 5.56 Å². The molecule has 8 rings (SSSR count). The van der Waals surface area contributed by atoms with Crippen LogP contribution in [0.1, 0.15) is 49.7 Å². The Bertz CT molecular complexity index is 2950. The van der Waals surface area contributed by atoms with Crippen LogP contribution in [0, 0.1) is 23.0 Å². The minimum atomic E-state index is -4.10. The molecule has 0 bridgehead atoms. The van der Waals surface area contributed by atoms with Crippen molar-refractivity contribution in [3.8, 4) is 29.0 Å². The summed E-state index contributed by atoms with van der Waals surface area (Å²) in [6.45, 7) is 4.96. The number of benzene rings is 3. The van der Waals surface area contributed by atoms with Gasteiger partial charge in [-0.2, -0.15) is 18.0 Å². The van der Waals surface area contributed by atoms with Gasteiger partial charge in [0, 0.05) is 51.9 Å². The number of piperidine rings is 2. The minimum absolute atomic E-state index is 0.0172. The number of fused-ring (bicyclic) bond motifs is 1. The number of phenols is 1. The fraction of sp³-hybridized carbons (Fsp3) is 0.364. The SMILES string of the molecule is CCN(C)S(=O)(=O)Nc1ccc(F)c(Oc2ccc3ncn(-c4cnc(N5CCN(C(=O)CN6CCC(c7ccc(N[C@@H]8CCC(=O)NC8=O)cc7F)CC6)CC5)nc4)c(=O)c3c2O)c1C#N. The van der Waals surface area contributed by atoms with E-state index in [0.29, 0.717) is 75.7 Å². The molecule has 350 valence electrons. The van der Waals surface area contributed by atoms with Gasteiger partial charge in [0.15, 0.2) is 23.1 Å². The fourth-order valence-electron chi connectivity index (χ4n) is 8.22. The van der Waals surface area contributed by atoms with Crippen LogP contribution in [0.4, 0.5) is 26.1 Å². The first-order valence-electron chi connectivity index (χ1n) is 21.5. The van der Waals surface area contributed by atoms with Crippen LogP contribution in [0.2, 0.25) is 0 Å². The number of imide groups is 1. The largest absolute Gasteiger partial charge is 0.504 e. The van der Waals surface area contributed by atoms with E-state index in [4.69, 9.17) is 4.74 Å². The highest BCUT2D eigenvalue weighted by Crippen LogP contribution is 2.39. The van der Waals surface area contributed by atoms with E-state index < -0.39 is 56.3 Å². The number of hydrogen-bond donors (Lipinski definition) is 4. The second kappa shape index (κ2) is 19.3. The molecule has 23 heteroatoms. The monoisotopic (exact) mass is 940 g/mol. The van der Waals surface area contributed by atoms with Crippen LogP contribution in [-0.2, 0) is 24.6 Å². The number of anilines is 3. The van der Waals surface area contributed by atoms with Crippen LogP contribution >= 0.6 is 0 Å². The molecule has 3 fully saturated rings. The predicted octanol–water partition coefficient (Wildman–Crippen LogP) is 3.18. The molecule has 0 aliphatic carbocycles. The molecule has 1 atom stereocenters. The van der Waals surface area contributed by atoms with Crippen molar-refractivity contribution in [1.82, 2.24) is 38.9 Å². The molecule has 0 radical (unpaired) electrons. The lowest BCUT2D eigenvalue weighted by molar-refractivity contribution is -0.134. The number of carbonyl (C=O) groups is 3. The number of nitrogens with zero attached hydrogens (tertiary/aromatic N) is 9. The van der Waals surface area contributed by atoms with Crippen LogP contribution < -0.4 is 30.6 Å². The maximum atomic E-state index is 15.2. The van der Waals surface area contributed by atoms with Crippen molar-refractivity contribution >= 4 is 56.2 Å². The molecule has 3 amide bonds. The van der Waals surface area contributed by atoms with Crippen LogP contribution in [0.5, 0.6) is 17.2 Å². The molecule has 67 heavy (non-hydrogen) atoms. The Balaban J connectivity index is 0.860. The second-order valence-electron chi connectivity index (χ2n) is 16.3. The van der Waals surface area contributed by atoms with Gasteiger partial charge < -0.3 is 25.0 Å². The summed E-state index contributed by atoms with van der Waals surface area (Å²) in [5.41, 5.74) is -0.166. The van der Waals surface area contributed by atoms with Gasteiger partial charge in [-0.15, -0.1) is 0 Å². The van der Waals surface area contributed by atoms with Gasteiger partial charge in [0.2, 0.25) is 23.7 Å². The molecule has 3 aliphatic heterocycles. The Kier molecular flexibility index (Phi) is 13.3. The zero-order valence-corrected chi connectivity index (χ0v) is 37.2. The van der Waals surface area contributed by atoms with Crippen molar-refractivity contribution in [2.75, 3.05) is 74.3 Å². The van der Waals surface area contributed by atoms with Gasteiger partial charge in [-0.3, -0.25) is 38.7 Å². The number of likely N-dealkylation sites (tertiary alicyclic amines) is 1. The number of aromatic hydroxyl groups is 1. The topological polar surface area (TPSA) is 248 Å². The van der Waals surface area contributed by atoms with Crippen LogP contribution in [0.15, 0.2) is 66.0 Å². The number of rotatable bonds is 13. The van der Waals surface area contributed by atoms with Gasteiger partial charge in [-0.05, 0) is 80.2 Å². The number of nitriles is 1. The molecule has 2 aromatic heterocycles. The molecular weight excluding hydrogens is 895 g/mol. The molecule has 5 heterocycles. The van der Waals surface area contributed by atoms with Crippen molar-refractivity contribution in [2.45, 2.75) is 44.6 Å². The molecule has 0 spiro atoms. The summed E-state index contributed by atoms with van der Waals surface area (Å²) >= 11 is 0. The van der Waals surface area contributed by atoms with Crippen molar-refractivity contribution < 1.29 is 41.4 Å². The Hall–Kier alpha value is -7.29. The van der Waals surface area contributed by atoms with E-state index in [9.17, 15) is 38.0 Å². The highest BCUT2D eigenvalue weighted by Gasteiger charge is 2.30. The van der Waals surface area contributed by atoms with Gasteiger partial charge in [0.05, 0.1) is 35.8 Å². The van der Waals surface area contributed by atoms with Crippen molar-refractivity contribution in [3.05, 3.63) is 94.3 Å². The standard InChI is InChI=1S/C44H46F2N12O8S/c1-3-54(2)67(64,65)53-33-7-6-31(45)41(30(33)21-47)66-36-10-8-34-39(40(36)61)43(63)58(25-50-34)28-22-48-44(49-23-28)57-18-16-56(17-19-57)38(60)24-55-14-12-26(13-15-55)29-5-4-27(20-32(29)46)51-35-9-11-37(59)52-42(35)62/h4-8,10,20,22-23,25-26,35,51,53,61H,3,9,11-19,24H2,1-2H3,(H,52,59,62)/t35-/m1/s1. The zero-order valence-electron chi connectivity index (χ0n) is 36.4. The van der Waals surface area contributed by atoms with Crippen molar-refractivity contribution in [1.29, 1.82) is 5.26 Å². The second-order valence-corrected chi connectivity index (χ2v) is 18.1. The highest BCUT2D eigenvalue weighted by atomic mass is 32.2. The Morgan fingerprint density at radius 3 is 2.39 bits per heavy atom. The summed E-state index contributed by atoms with van der Waals surface area (Å²) in [6, 6.07) is 10.5. The number of carbonyl (C=O) groups excluding carboxylic acids is 3. The first kappa shape index (κ1) is 46.2. The first-order chi connectivity index (χ1) is 32.1. The number of nitrogens with one attached hydrogen (secondary N) is 3. The molecule has 5 aromatic rings. The number of ether oxygens (including phenoxy) is 1. The number of halogens is 2. The van der Waals surface area contributed by atoms with Crippen molar-refractivity contribution in [3.63, 3.8) is 0 Å².